The Bertz CT molecular complexity index is 414. The van der Waals surface area contributed by atoms with Gasteiger partial charge in [0.2, 0.25) is 0 Å². The summed E-state index contributed by atoms with van der Waals surface area (Å²) in [5.74, 6) is 0.269. The van der Waals surface area contributed by atoms with Crippen molar-refractivity contribution in [2.24, 2.45) is 11.1 Å². The molecule has 1 fully saturated rings. The molecule has 0 amide bonds. The van der Waals surface area contributed by atoms with Crippen LogP contribution in [0.25, 0.3) is 0 Å². The van der Waals surface area contributed by atoms with E-state index in [2.05, 4.69) is 4.98 Å². The lowest BCUT2D eigenvalue weighted by atomic mass is 9.74. The number of hydrogen-bond acceptors (Lipinski definition) is 5. The van der Waals surface area contributed by atoms with Crippen molar-refractivity contribution in [3.05, 3.63) is 23.9 Å². The summed E-state index contributed by atoms with van der Waals surface area (Å²) in [6.07, 6.45) is 2.87. The van der Waals surface area contributed by atoms with Crippen molar-refractivity contribution in [3.8, 4) is 0 Å². The van der Waals surface area contributed by atoms with Crippen LogP contribution in [0.5, 0.6) is 0 Å². The van der Waals surface area contributed by atoms with Gasteiger partial charge < -0.3 is 16.2 Å². The number of hydrogen-bond donors (Lipinski definition) is 2. The quantitative estimate of drug-likeness (QED) is 0.749. The first kappa shape index (κ1) is 12.0. The average Bonchev–Trinajstić information content (AvgIpc) is 2.39. The van der Waals surface area contributed by atoms with Crippen LogP contribution < -0.4 is 11.5 Å². The minimum Gasteiger partial charge on any atom is -0.383 e. The highest BCUT2D eigenvalue weighted by Crippen LogP contribution is 2.34. The van der Waals surface area contributed by atoms with Gasteiger partial charge in [-0.3, -0.25) is 4.79 Å². The van der Waals surface area contributed by atoms with Crippen LogP contribution in [0.2, 0.25) is 0 Å². The Morgan fingerprint density at radius 1 is 1.47 bits per heavy atom. The number of nitrogen functional groups attached to an aromatic ring is 1. The van der Waals surface area contributed by atoms with Gasteiger partial charge in [0.25, 0.3) is 0 Å². The van der Waals surface area contributed by atoms with E-state index in [1.165, 1.54) is 0 Å². The second-order valence-corrected chi connectivity index (χ2v) is 4.36. The molecule has 0 bridgehead atoms. The highest BCUT2D eigenvalue weighted by Gasteiger charge is 2.39. The van der Waals surface area contributed by atoms with E-state index in [0.717, 1.165) is 0 Å². The highest BCUT2D eigenvalue weighted by molar-refractivity contribution is 6.04. The molecule has 1 aliphatic rings. The van der Waals surface area contributed by atoms with E-state index in [9.17, 15) is 4.79 Å². The summed E-state index contributed by atoms with van der Waals surface area (Å²) in [5.41, 5.74) is 11.5. The van der Waals surface area contributed by atoms with E-state index in [4.69, 9.17) is 16.2 Å². The predicted octanol–water partition coefficient (Wildman–Crippen LogP) is 0.602. The lowest BCUT2D eigenvalue weighted by molar-refractivity contribution is 0.0201. The van der Waals surface area contributed by atoms with Gasteiger partial charge in [-0.05, 0) is 25.0 Å². The Balaban J connectivity index is 2.32. The van der Waals surface area contributed by atoms with Crippen LogP contribution in [0.1, 0.15) is 23.2 Å². The highest BCUT2D eigenvalue weighted by atomic mass is 16.5. The van der Waals surface area contributed by atoms with E-state index >= 15 is 0 Å². The summed E-state index contributed by atoms with van der Waals surface area (Å²) in [7, 11) is 0. The SMILES string of the molecule is NCC1(C(=O)c2cccnc2N)CCOCC1. The number of aromatic nitrogens is 1. The molecule has 17 heavy (non-hydrogen) atoms. The molecule has 0 aromatic carbocycles. The molecular weight excluding hydrogens is 218 g/mol. The molecule has 2 heterocycles. The maximum absolute atomic E-state index is 12.5. The zero-order valence-corrected chi connectivity index (χ0v) is 9.69. The molecule has 0 saturated carbocycles. The number of nitrogens with zero attached hydrogens (tertiary/aromatic N) is 1. The van der Waals surface area contributed by atoms with E-state index in [1.807, 2.05) is 0 Å². The maximum Gasteiger partial charge on any atom is 0.174 e. The minimum atomic E-state index is -0.532. The largest absolute Gasteiger partial charge is 0.383 e. The summed E-state index contributed by atoms with van der Waals surface area (Å²) in [4.78, 5) is 16.5. The van der Waals surface area contributed by atoms with Crippen LogP contribution in [0, 0.1) is 5.41 Å². The van der Waals surface area contributed by atoms with Crippen LogP contribution >= 0.6 is 0 Å². The van der Waals surface area contributed by atoms with Gasteiger partial charge in [0, 0.05) is 26.0 Å². The first-order chi connectivity index (χ1) is 8.19. The number of Topliss-reactive ketones (excluding diaryl/α,β-unsaturated/α-hetero) is 1. The molecule has 4 N–H and O–H groups in total. The van der Waals surface area contributed by atoms with Crippen molar-refractivity contribution < 1.29 is 9.53 Å². The van der Waals surface area contributed by atoms with E-state index in [0.29, 0.717) is 38.2 Å². The molecule has 1 aliphatic heterocycles. The molecule has 0 radical (unpaired) electrons. The standard InChI is InChI=1S/C12H17N3O2/c13-8-12(3-6-17-7-4-12)10(16)9-2-1-5-15-11(9)14/h1-2,5H,3-4,6-8,13H2,(H2,14,15). The van der Waals surface area contributed by atoms with Crippen molar-refractivity contribution in [1.29, 1.82) is 0 Å². The topological polar surface area (TPSA) is 91.2 Å². The lowest BCUT2D eigenvalue weighted by Crippen LogP contribution is -2.43. The summed E-state index contributed by atoms with van der Waals surface area (Å²) in [6, 6.07) is 3.42. The molecule has 5 nitrogen and oxygen atoms in total. The Hall–Kier alpha value is -1.46. The van der Waals surface area contributed by atoms with Gasteiger partial charge in [-0.25, -0.2) is 4.98 Å². The van der Waals surface area contributed by atoms with Crippen molar-refractivity contribution in [2.45, 2.75) is 12.8 Å². The van der Waals surface area contributed by atoms with Crippen molar-refractivity contribution in [1.82, 2.24) is 4.98 Å². The third-order valence-electron chi connectivity index (χ3n) is 3.41. The van der Waals surface area contributed by atoms with Gasteiger partial charge in [0.15, 0.2) is 5.78 Å². The summed E-state index contributed by atoms with van der Waals surface area (Å²) < 4.78 is 5.29. The fourth-order valence-electron chi connectivity index (χ4n) is 2.18. The van der Waals surface area contributed by atoms with E-state index < -0.39 is 5.41 Å². The van der Waals surface area contributed by atoms with Gasteiger partial charge in [0.1, 0.15) is 5.82 Å². The van der Waals surface area contributed by atoms with Crippen molar-refractivity contribution in [2.75, 3.05) is 25.5 Å². The molecule has 2 rings (SSSR count). The monoisotopic (exact) mass is 235 g/mol. The number of ether oxygens (including phenoxy) is 1. The number of nitrogens with two attached hydrogens (primary N) is 2. The fourth-order valence-corrected chi connectivity index (χ4v) is 2.18. The number of ketones is 1. The Kier molecular flexibility index (Phi) is 3.40. The molecule has 0 spiro atoms. The van der Waals surface area contributed by atoms with Crippen molar-refractivity contribution in [3.63, 3.8) is 0 Å². The summed E-state index contributed by atoms with van der Waals surface area (Å²) in [5, 5.41) is 0. The summed E-state index contributed by atoms with van der Waals surface area (Å²) in [6.45, 7) is 1.47. The second kappa shape index (κ2) is 4.81. The van der Waals surface area contributed by atoms with E-state index in [-0.39, 0.29) is 11.6 Å². The van der Waals surface area contributed by atoms with Gasteiger partial charge in [-0.15, -0.1) is 0 Å². The predicted molar refractivity (Wildman–Crippen MR) is 64.5 cm³/mol. The number of carbonyl (C=O) groups is 1. The molecule has 1 aromatic heterocycles. The van der Waals surface area contributed by atoms with Crippen LogP contribution in [0.15, 0.2) is 18.3 Å². The number of anilines is 1. The first-order valence-corrected chi connectivity index (χ1v) is 5.73. The zero-order valence-electron chi connectivity index (χ0n) is 9.69. The van der Waals surface area contributed by atoms with E-state index in [1.54, 1.807) is 18.3 Å². The Morgan fingerprint density at radius 2 is 2.18 bits per heavy atom. The van der Waals surface area contributed by atoms with Crippen LogP contribution in [0.3, 0.4) is 0 Å². The van der Waals surface area contributed by atoms with Gasteiger partial charge in [-0.2, -0.15) is 0 Å². The average molecular weight is 235 g/mol. The molecule has 5 heteroatoms. The molecule has 0 unspecified atom stereocenters. The molecule has 0 atom stereocenters. The first-order valence-electron chi connectivity index (χ1n) is 5.73. The Morgan fingerprint density at radius 3 is 2.76 bits per heavy atom. The van der Waals surface area contributed by atoms with Gasteiger partial charge >= 0.3 is 0 Å². The molecular formula is C12H17N3O2. The second-order valence-electron chi connectivity index (χ2n) is 4.36. The normalized spacial score (nSPS) is 18.9. The minimum absolute atomic E-state index is 0.00565. The molecule has 92 valence electrons. The zero-order chi connectivity index (χ0) is 12.3. The molecule has 0 aliphatic carbocycles. The maximum atomic E-state index is 12.5. The summed E-state index contributed by atoms with van der Waals surface area (Å²) >= 11 is 0. The smallest absolute Gasteiger partial charge is 0.174 e. The number of rotatable bonds is 3. The van der Waals surface area contributed by atoms with Crippen LogP contribution in [-0.2, 0) is 4.74 Å². The Labute approximate surface area is 100 Å². The third kappa shape index (κ3) is 2.16. The number of pyridine rings is 1. The number of carbonyl (C=O) groups excluding carboxylic acids is 1. The van der Waals surface area contributed by atoms with Gasteiger partial charge in [-0.1, -0.05) is 0 Å². The van der Waals surface area contributed by atoms with Crippen molar-refractivity contribution >= 4 is 11.6 Å². The molecule has 1 aromatic rings. The van der Waals surface area contributed by atoms with Gasteiger partial charge in [0.05, 0.1) is 11.0 Å². The molecule has 1 saturated heterocycles. The lowest BCUT2D eigenvalue weighted by Gasteiger charge is -2.34. The third-order valence-corrected chi connectivity index (χ3v) is 3.41. The van der Waals surface area contributed by atoms with Crippen LogP contribution in [0.4, 0.5) is 5.82 Å². The fraction of sp³-hybridized carbons (Fsp3) is 0.500. The van der Waals surface area contributed by atoms with Crippen LogP contribution in [-0.4, -0.2) is 30.5 Å².